The Balaban J connectivity index is 1.87. The minimum Gasteiger partial charge on any atom is -0.494 e. The van der Waals surface area contributed by atoms with Crippen molar-refractivity contribution in [2.45, 2.75) is 39.2 Å². The van der Waals surface area contributed by atoms with Crippen LogP contribution in [-0.4, -0.2) is 31.6 Å². The Bertz CT molecular complexity index is 462. The zero-order valence-corrected chi connectivity index (χ0v) is 13.0. The summed E-state index contributed by atoms with van der Waals surface area (Å²) in [5.74, 6) is 1.34. The maximum atomic E-state index is 12.2. The molecule has 1 heterocycles. The van der Waals surface area contributed by atoms with Gasteiger partial charge in [0.05, 0.1) is 6.61 Å². The Kier molecular flexibility index (Phi) is 6.05. The Morgan fingerprint density at radius 1 is 1.48 bits per heavy atom. The van der Waals surface area contributed by atoms with Crippen LogP contribution < -0.4 is 15.4 Å². The third-order valence-electron chi connectivity index (χ3n) is 3.98. The molecule has 2 unspecified atom stereocenters. The van der Waals surface area contributed by atoms with Gasteiger partial charge in [-0.05, 0) is 49.9 Å². The van der Waals surface area contributed by atoms with E-state index in [1.165, 1.54) is 12.8 Å². The lowest BCUT2D eigenvalue weighted by atomic mass is 9.93. The van der Waals surface area contributed by atoms with Crippen molar-refractivity contribution in [3.8, 4) is 5.75 Å². The molecule has 0 aliphatic carbocycles. The van der Waals surface area contributed by atoms with Crippen LogP contribution in [0.2, 0.25) is 0 Å². The van der Waals surface area contributed by atoms with Crippen molar-refractivity contribution in [1.29, 1.82) is 0 Å². The number of carbonyl (C=O) groups excluding carboxylic acids is 1. The second-order valence-corrected chi connectivity index (χ2v) is 5.77. The summed E-state index contributed by atoms with van der Waals surface area (Å²) in [7, 11) is 0. The molecule has 0 spiro atoms. The molecule has 1 saturated heterocycles. The summed E-state index contributed by atoms with van der Waals surface area (Å²) in [6.07, 6.45) is 3.41. The number of rotatable bonds is 6. The van der Waals surface area contributed by atoms with Crippen LogP contribution >= 0.6 is 0 Å². The molecule has 0 radical (unpaired) electrons. The fourth-order valence-electron chi connectivity index (χ4n) is 2.64. The lowest BCUT2D eigenvalue weighted by Gasteiger charge is -2.30. The SMILES string of the molecule is CCCOc1cccc(C(=O)NCC2NCCCC2C)c1. The van der Waals surface area contributed by atoms with E-state index < -0.39 is 0 Å². The summed E-state index contributed by atoms with van der Waals surface area (Å²) in [5, 5.41) is 6.50. The van der Waals surface area contributed by atoms with Gasteiger partial charge >= 0.3 is 0 Å². The lowest BCUT2D eigenvalue weighted by molar-refractivity contribution is 0.0943. The first-order valence-electron chi connectivity index (χ1n) is 7.95. The molecule has 4 nitrogen and oxygen atoms in total. The quantitative estimate of drug-likeness (QED) is 0.846. The molecular weight excluding hydrogens is 264 g/mol. The van der Waals surface area contributed by atoms with Gasteiger partial charge in [-0.1, -0.05) is 19.9 Å². The lowest BCUT2D eigenvalue weighted by Crippen LogP contribution is -2.47. The van der Waals surface area contributed by atoms with E-state index in [0.29, 0.717) is 30.7 Å². The van der Waals surface area contributed by atoms with Gasteiger partial charge in [0.1, 0.15) is 5.75 Å². The van der Waals surface area contributed by atoms with Gasteiger partial charge in [-0.15, -0.1) is 0 Å². The van der Waals surface area contributed by atoms with Crippen molar-refractivity contribution in [3.05, 3.63) is 29.8 Å². The van der Waals surface area contributed by atoms with E-state index in [4.69, 9.17) is 4.74 Å². The van der Waals surface area contributed by atoms with E-state index in [9.17, 15) is 4.79 Å². The van der Waals surface area contributed by atoms with Crippen LogP contribution in [0.5, 0.6) is 5.75 Å². The fourth-order valence-corrected chi connectivity index (χ4v) is 2.64. The normalized spacial score (nSPS) is 21.8. The second kappa shape index (κ2) is 8.03. The van der Waals surface area contributed by atoms with Gasteiger partial charge in [-0.25, -0.2) is 0 Å². The molecule has 4 heteroatoms. The second-order valence-electron chi connectivity index (χ2n) is 5.77. The smallest absolute Gasteiger partial charge is 0.251 e. The van der Waals surface area contributed by atoms with Crippen LogP contribution in [0.25, 0.3) is 0 Å². The van der Waals surface area contributed by atoms with E-state index in [1.807, 2.05) is 24.3 Å². The molecule has 1 aromatic rings. The van der Waals surface area contributed by atoms with Gasteiger partial charge < -0.3 is 15.4 Å². The molecule has 21 heavy (non-hydrogen) atoms. The third kappa shape index (κ3) is 4.74. The van der Waals surface area contributed by atoms with Crippen LogP contribution in [0.4, 0.5) is 0 Å². The van der Waals surface area contributed by atoms with Crippen LogP contribution in [0.1, 0.15) is 43.5 Å². The Hall–Kier alpha value is -1.55. The molecule has 2 N–H and O–H groups in total. The number of hydrogen-bond acceptors (Lipinski definition) is 3. The standard InChI is InChI=1S/C17H26N2O2/c1-3-10-21-15-8-4-7-14(11-15)17(20)19-12-16-13(2)6-5-9-18-16/h4,7-8,11,13,16,18H,3,5-6,9-10,12H2,1-2H3,(H,19,20). The van der Waals surface area contributed by atoms with Crippen LogP contribution in [0, 0.1) is 5.92 Å². The van der Waals surface area contributed by atoms with Gasteiger partial charge in [0.15, 0.2) is 0 Å². The molecule has 1 aliphatic rings. The number of piperidine rings is 1. The molecule has 0 saturated carbocycles. The Morgan fingerprint density at radius 2 is 2.33 bits per heavy atom. The molecule has 0 aromatic heterocycles. The monoisotopic (exact) mass is 290 g/mol. The summed E-state index contributed by atoms with van der Waals surface area (Å²) >= 11 is 0. The molecule has 2 atom stereocenters. The van der Waals surface area contributed by atoms with E-state index in [-0.39, 0.29) is 5.91 Å². The summed E-state index contributed by atoms with van der Waals surface area (Å²) in [6.45, 7) is 6.71. The van der Waals surface area contributed by atoms with Crippen LogP contribution in [0.15, 0.2) is 24.3 Å². The summed E-state index contributed by atoms with van der Waals surface area (Å²) in [6, 6.07) is 7.76. The molecule has 0 bridgehead atoms. The van der Waals surface area contributed by atoms with Crippen molar-refractivity contribution < 1.29 is 9.53 Å². The van der Waals surface area contributed by atoms with Gasteiger partial charge in [0, 0.05) is 18.2 Å². The number of nitrogens with one attached hydrogen (secondary N) is 2. The Labute approximate surface area is 127 Å². The first kappa shape index (κ1) is 15.8. The van der Waals surface area contributed by atoms with Crippen LogP contribution in [-0.2, 0) is 0 Å². The predicted octanol–water partition coefficient (Wildman–Crippen LogP) is 2.59. The van der Waals surface area contributed by atoms with E-state index >= 15 is 0 Å². The van der Waals surface area contributed by atoms with Gasteiger partial charge in [-0.3, -0.25) is 4.79 Å². The van der Waals surface area contributed by atoms with Crippen molar-refractivity contribution >= 4 is 5.91 Å². The van der Waals surface area contributed by atoms with Gasteiger partial charge in [-0.2, -0.15) is 0 Å². The van der Waals surface area contributed by atoms with Crippen molar-refractivity contribution in [2.24, 2.45) is 5.92 Å². The molecule has 2 rings (SSSR count). The zero-order chi connectivity index (χ0) is 15.1. The van der Waals surface area contributed by atoms with E-state index in [0.717, 1.165) is 18.7 Å². The van der Waals surface area contributed by atoms with Crippen molar-refractivity contribution in [3.63, 3.8) is 0 Å². The molecule has 1 amide bonds. The minimum absolute atomic E-state index is 0.0310. The highest BCUT2D eigenvalue weighted by Crippen LogP contribution is 2.16. The highest BCUT2D eigenvalue weighted by atomic mass is 16.5. The molecule has 1 aliphatic heterocycles. The third-order valence-corrected chi connectivity index (χ3v) is 3.98. The van der Waals surface area contributed by atoms with E-state index in [2.05, 4.69) is 24.5 Å². The predicted molar refractivity (Wildman–Crippen MR) is 84.7 cm³/mol. The average molecular weight is 290 g/mol. The van der Waals surface area contributed by atoms with Crippen molar-refractivity contribution in [2.75, 3.05) is 19.7 Å². The number of carbonyl (C=O) groups is 1. The average Bonchev–Trinajstić information content (AvgIpc) is 2.52. The summed E-state index contributed by atoms with van der Waals surface area (Å²) in [4.78, 5) is 12.2. The summed E-state index contributed by atoms with van der Waals surface area (Å²) < 4.78 is 5.57. The molecule has 116 valence electrons. The van der Waals surface area contributed by atoms with Crippen LogP contribution in [0.3, 0.4) is 0 Å². The fraction of sp³-hybridized carbons (Fsp3) is 0.588. The van der Waals surface area contributed by atoms with Gasteiger partial charge in [0.25, 0.3) is 5.91 Å². The molecular formula is C17H26N2O2. The maximum Gasteiger partial charge on any atom is 0.251 e. The highest BCUT2D eigenvalue weighted by molar-refractivity contribution is 5.94. The zero-order valence-electron chi connectivity index (χ0n) is 13.0. The number of benzene rings is 1. The number of ether oxygens (including phenoxy) is 1. The topological polar surface area (TPSA) is 50.4 Å². The van der Waals surface area contributed by atoms with Gasteiger partial charge in [0.2, 0.25) is 0 Å². The number of hydrogen-bond donors (Lipinski definition) is 2. The van der Waals surface area contributed by atoms with Crippen molar-refractivity contribution in [1.82, 2.24) is 10.6 Å². The Morgan fingerprint density at radius 3 is 3.10 bits per heavy atom. The highest BCUT2D eigenvalue weighted by Gasteiger charge is 2.21. The first-order chi connectivity index (χ1) is 10.2. The summed E-state index contributed by atoms with van der Waals surface area (Å²) in [5.41, 5.74) is 0.659. The number of amides is 1. The molecule has 1 aromatic carbocycles. The first-order valence-corrected chi connectivity index (χ1v) is 7.95. The molecule has 1 fully saturated rings. The largest absolute Gasteiger partial charge is 0.494 e. The maximum absolute atomic E-state index is 12.2. The minimum atomic E-state index is -0.0310. The van der Waals surface area contributed by atoms with E-state index in [1.54, 1.807) is 0 Å².